The first kappa shape index (κ1) is 18.4. The highest BCUT2D eigenvalue weighted by Gasteiger charge is 2.10. The fourth-order valence-electron chi connectivity index (χ4n) is 2.93. The van der Waals surface area contributed by atoms with Crippen molar-refractivity contribution in [3.8, 4) is 17.2 Å². The zero-order valence-corrected chi connectivity index (χ0v) is 15.9. The summed E-state index contributed by atoms with van der Waals surface area (Å²) in [5.74, 6) is -0.572. The van der Waals surface area contributed by atoms with Crippen LogP contribution in [-0.2, 0) is 0 Å². The van der Waals surface area contributed by atoms with Crippen LogP contribution in [-0.4, -0.2) is 27.4 Å². The summed E-state index contributed by atoms with van der Waals surface area (Å²) in [4.78, 5) is 20.0. The number of aromatic carboxylic acids is 1. The van der Waals surface area contributed by atoms with E-state index >= 15 is 0 Å². The molecule has 1 aromatic heterocycles. The van der Waals surface area contributed by atoms with Gasteiger partial charge in [-0.2, -0.15) is 0 Å². The third-order valence-corrected chi connectivity index (χ3v) is 4.75. The molecule has 0 aliphatic heterocycles. The van der Waals surface area contributed by atoms with Crippen molar-refractivity contribution in [2.75, 3.05) is 0 Å². The van der Waals surface area contributed by atoms with E-state index in [1.165, 1.54) is 35.5 Å². The van der Waals surface area contributed by atoms with Crippen LogP contribution in [0.2, 0.25) is 0 Å². The Labute approximate surface area is 166 Å². The average molecular weight is 386 g/mol. The molecule has 0 fully saturated rings. The maximum absolute atomic E-state index is 11.1. The van der Waals surface area contributed by atoms with Crippen molar-refractivity contribution in [3.05, 3.63) is 76.9 Å². The Bertz CT molecular complexity index is 1270. The van der Waals surface area contributed by atoms with Gasteiger partial charge in [0.1, 0.15) is 11.3 Å². The van der Waals surface area contributed by atoms with Crippen LogP contribution in [0.1, 0.15) is 27.0 Å². The molecule has 4 rings (SSSR count). The van der Waals surface area contributed by atoms with Crippen LogP contribution in [0.15, 0.2) is 64.0 Å². The predicted octanol–water partition coefficient (Wildman–Crippen LogP) is 5.27. The van der Waals surface area contributed by atoms with Crippen LogP contribution < -0.4 is 0 Å². The highest BCUT2D eigenvalue weighted by atomic mass is 16.4. The molecule has 0 unspecified atom stereocenters. The fraction of sp³-hybridized carbons (Fsp3) is 0.0870. The number of carboxylic acid groups (broad SMARTS) is 1. The molecule has 144 valence electrons. The summed E-state index contributed by atoms with van der Waals surface area (Å²) >= 11 is 0. The maximum Gasteiger partial charge on any atom is 0.335 e. The minimum atomic E-state index is -1.07. The van der Waals surface area contributed by atoms with Crippen LogP contribution in [0.5, 0.6) is 5.75 Å². The normalized spacial score (nSPS) is 11.4. The highest BCUT2D eigenvalue weighted by molar-refractivity contribution is 5.93. The Kier molecular flexibility index (Phi) is 4.60. The summed E-state index contributed by atoms with van der Waals surface area (Å²) in [7, 11) is 0. The van der Waals surface area contributed by atoms with Crippen molar-refractivity contribution in [1.29, 1.82) is 0 Å². The lowest BCUT2D eigenvalue weighted by atomic mass is 10.1. The number of benzene rings is 3. The molecule has 1 heterocycles. The van der Waals surface area contributed by atoms with Crippen LogP contribution in [0.4, 0.5) is 5.69 Å². The Balaban J connectivity index is 1.66. The van der Waals surface area contributed by atoms with E-state index in [-0.39, 0.29) is 11.3 Å². The quantitative estimate of drug-likeness (QED) is 0.466. The van der Waals surface area contributed by atoms with Gasteiger partial charge in [0.25, 0.3) is 0 Å². The molecule has 29 heavy (non-hydrogen) atoms. The summed E-state index contributed by atoms with van der Waals surface area (Å²) in [6.07, 6.45) is 1.42. The average Bonchev–Trinajstić information content (AvgIpc) is 3.12. The number of phenols is 1. The molecular formula is C23H18N2O4. The van der Waals surface area contributed by atoms with Gasteiger partial charge in [0.05, 0.1) is 11.3 Å². The molecule has 0 aliphatic carbocycles. The van der Waals surface area contributed by atoms with Crippen molar-refractivity contribution in [1.82, 2.24) is 4.98 Å². The molecule has 2 N–H and O–H groups in total. The Morgan fingerprint density at radius 1 is 1.03 bits per heavy atom. The van der Waals surface area contributed by atoms with Gasteiger partial charge in [-0.3, -0.25) is 4.99 Å². The number of hydrogen-bond acceptors (Lipinski definition) is 5. The molecule has 6 nitrogen and oxygen atoms in total. The summed E-state index contributed by atoms with van der Waals surface area (Å²) in [5.41, 5.74) is 5.59. The fourth-order valence-corrected chi connectivity index (χ4v) is 2.93. The van der Waals surface area contributed by atoms with Crippen LogP contribution in [0.25, 0.3) is 22.6 Å². The first-order chi connectivity index (χ1) is 13.9. The molecule has 0 atom stereocenters. The van der Waals surface area contributed by atoms with Gasteiger partial charge in [-0.1, -0.05) is 6.07 Å². The topological polar surface area (TPSA) is 95.9 Å². The van der Waals surface area contributed by atoms with Gasteiger partial charge in [-0.05, 0) is 73.5 Å². The molecule has 0 saturated heterocycles. The van der Waals surface area contributed by atoms with Gasteiger partial charge in [-0.25, -0.2) is 9.78 Å². The van der Waals surface area contributed by atoms with E-state index in [1.54, 1.807) is 18.2 Å². The summed E-state index contributed by atoms with van der Waals surface area (Å²) in [6, 6.07) is 15.4. The van der Waals surface area contributed by atoms with Crippen LogP contribution >= 0.6 is 0 Å². The van der Waals surface area contributed by atoms with Gasteiger partial charge >= 0.3 is 5.97 Å². The maximum atomic E-state index is 11.1. The van der Waals surface area contributed by atoms with E-state index < -0.39 is 5.97 Å². The Morgan fingerprint density at radius 3 is 2.62 bits per heavy atom. The van der Waals surface area contributed by atoms with Crippen molar-refractivity contribution < 1.29 is 19.4 Å². The molecule has 0 bridgehead atoms. The molecule has 0 spiro atoms. The Morgan fingerprint density at radius 2 is 1.86 bits per heavy atom. The smallest absolute Gasteiger partial charge is 0.335 e. The van der Waals surface area contributed by atoms with E-state index in [9.17, 15) is 9.90 Å². The second-order valence-corrected chi connectivity index (χ2v) is 6.81. The third kappa shape index (κ3) is 3.73. The molecule has 3 aromatic carbocycles. The van der Waals surface area contributed by atoms with Crippen molar-refractivity contribution >= 4 is 29.0 Å². The minimum Gasteiger partial charge on any atom is -0.507 e. The number of aryl methyl sites for hydroxylation is 2. The molecule has 0 saturated carbocycles. The number of phenolic OH excluding ortho intramolecular Hbond substituents is 1. The largest absolute Gasteiger partial charge is 0.507 e. The van der Waals surface area contributed by atoms with Gasteiger partial charge in [0.2, 0.25) is 5.89 Å². The lowest BCUT2D eigenvalue weighted by molar-refractivity contribution is 0.0697. The number of aromatic nitrogens is 1. The van der Waals surface area contributed by atoms with Crippen molar-refractivity contribution in [2.45, 2.75) is 13.8 Å². The predicted molar refractivity (Wildman–Crippen MR) is 111 cm³/mol. The number of fused-ring (bicyclic) bond motifs is 1. The third-order valence-electron chi connectivity index (χ3n) is 4.75. The number of aliphatic imine (C=N–C) groups is 1. The van der Waals surface area contributed by atoms with E-state index in [0.29, 0.717) is 28.2 Å². The van der Waals surface area contributed by atoms with E-state index in [1.807, 2.05) is 25.1 Å². The molecule has 0 amide bonds. The number of rotatable bonds is 4. The Hall–Kier alpha value is -3.93. The zero-order chi connectivity index (χ0) is 20.5. The number of carbonyl (C=O) groups is 1. The highest BCUT2D eigenvalue weighted by Crippen LogP contribution is 2.28. The summed E-state index contributed by atoms with van der Waals surface area (Å²) in [6.45, 7) is 4.10. The van der Waals surface area contributed by atoms with E-state index in [0.717, 1.165) is 5.56 Å². The lowest BCUT2D eigenvalue weighted by Gasteiger charge is -2.01. The zero-order valence-electron chi connectivity index (χ0n) is 15.9. The summed E-state index contributed by atoms with van der Waals surface area (Å²) < 4.78 is 5.86. The van der Waals surface area contributed by atoms with Gasteiger partial charge in [0, 0.05) is 17.3 Å². The first-order valence-electron chi connectivity index (χ1n) is 8.99. The summed E-state index contributed by atoms with van der Waals surface area (Å²) in [5, 5.41) is 19.0. The van der Waals surface area contributed by atoms with E-state index in [4.69, 9.17) is 9.52 Å². The van der Waals surface area contributed by atoms with Crippen LogP contribution in [0, 0.1) is 13.8 Å². The lowest BCUT2D eigenvalue weighted by Crippen LogP contribution is -1.97. The minimum absolute atomic E-state index is 0.0432. The number of carboxylic acids is 1. The van der Waals surface area contributed by atoms with Crippen molar-refractivity contribution in [2.24, 2.45) is 4.99 Å². The number of hydrogen-bond donors (Lipinski definition) is 2. The molecule has 0 radical (unpaired) electrons. The van der Waals surface area contributed by atoms with Gasteiger partial charge < -0.3 is 14.6 Å². The second-order valence-electron chi connectivity index (χ2n) is 6.81. The van der Waals surface area contributed by atoms with Crippen molar-refractivity contribution in [3.63, 3.8) is 0 Å². The first-order valence-corrected chi connectivity index (χ1v) is 8.99. The van der Waals surface area contributed by atoms with Crippen LogP contribution in [0.3, 0.4) is 0 Å². The molecule has 6 heteroatoms. The van der Waals surface area contributed by atoms with E-state index in [2.05, 4.69) is 16.9 Å². The molecule has 4 aromatic rings. The SMILES string of the molecule is Cc1ccc(-c2nc3cc(N=Cc4cc(C(=O)O)ccc4O)ccc3o2)cc1C. The molecule has 0 aliphatic rings. The number of oxazole rings is 1. The monoisotopic (exact) mass is 386 g/mol. The standard InChI is InChI=1S/C23H18N2O4/c1-13-3-4-15(9-14(13)2)22-25-19-11-18(6-8-21(19)29-22)24-12-17-10-16(23(27)28)5-7-20(17)26/h3-12,26H,1-2H3,(H,27,28). The number of nitrogens with zero attached hydrogens (tertiary/aromatic N) is 2. The van der Waals surface area contributed by atoms with Gasteiger partial charge in [0.15, 0.2) is 5.58 Å². The van der Waals surface area contributed by atoms with Gasteiger partial charge in [-0.15, -0.1) is 0 Å². The second kappa shape index (κ2) is 7.24. The molecular weight excluding hydrogens is 368 g/mol. The number of aromatic hydroxyl groups is 1.